The van der Waals surface area contributed by atoms with Gasteiger partial charge in [-0.25, -0.2) is 4.79 Å². The van der Waals surface area contributed by atoms with Crippen molar-refractivity contribution in [2.75, 3.05) is 6.54 Å². The van der Waals surface area contributed by atoms with Crippen LogP contribution in [0, 0.1) is 0 Å². The lowest BCUT2D eigenvalue weighted by molar-refractivity contribution is -0.128. The van der Waals surface area contributed by atoms with Crippen LogP contribution < -0.4 is 5.56 Å². The Balaban J connectivity index is 2.33. The van der Waals surface area contributed by atoms with E-state index in [1.165, 1.54) is 4.57 Å². The summed E-state index contributed by atoms with van der Waals surface area (Å²) in [5.41, 5.74) is 0.101. The molecule has 6 nitrogen and oxygen atoms in total. The predicted molar refractivity (Wildman–Crippen MR) is 95.1 cm³/mol. The maximum Gasteiger partial charge on any atom is 0.338 e. The third-order valence-corrected chi connectivity index (χ3v) is 4.84. The molecule has 0 saturated carbocycles. The van der Waals surface area contributed by atoms with Crippen LogP contribution in [0.3, 0.4) is 0 Å². The second-order valence-electron chi connectivity index (χ2n) is 6.16. The first-order valence-electron chi connectivity index (χ1n) is 8.30. The van der Waals surface area contributed by atoms with Gasteiger partial charge in [-0.1, -0.05) is 30.7 Å². The lowest BCUT2D eigenvalue weighted by Crippen LogP contribution is -2.33. The van der Waals surface area contributed by atoms with Gasteiger partial charge in [0.15, 0.2) is 0 Å². The second kappa shape index (κ2) is 6.88. The number of nitrogens with zero attached hydrogens (tertiary/aromatic N) is 2. The highest BCUT2D eigenvalue weighted by Crippen LogP contribution is 2.27. The molecule has 0 unspecified atom stereocenters. The molecule has 0 atom stereocenters. The molecule has 2 heterocycles. The second-order valence-corrected chi connectivity index (χ2v) is 6.57. The molecule has 132 valence electrons. The van der Waals surface area contributed by atoms with Gasteiger partial charge in [0, 0.05) is 24.9 Å². The third-order valence-electron chi connectivity index (χ3n) is 4.53. The number of halogens is 1. The van der Waals surface area contributed by atoms with Gasteiger partial charge in [-0.05, 0) is 18.9 Å². The van der Waals surface area contributed by atoms with E-state index < -0.39 is 5.97 Å². The van der Waals surface area contributed by atoms with E-state index in [0.717, 1.165) is 6.42 Å². The van der Waals surface area contributed by atoms with Crippen molar-refractivity contribution in [3.63, 3.8) is 0 Å². The fourth-order valence-corrected chi connectivity index (χ4v) is 3.67. The Morgan fingerprint density at radius 3 is 2.68 bits per heavy atom. The summed E-state index contributed by atoms with van der Waals surface area (Å²) in [7, 11) is 0. The van der Waals surface area contributed by atoms with Crippen LogP contribution in [0.15, 0.2) is 23.0 Å². The number of carbonyl (C=O) groups excluding carboxylic acids is 1. The number of carboxylic acids is 1. The van der Waals surface area contributed by atoms with Crippen LogP contribution in [0.2, 0.25) is 5.02 Å². The van der Waals surface area contributed by atoms with Crippen molar-refractivity contribution in [3.8, 4) is 0 Å². The van der Waals surface area contributed by atoms with Crippen LogP contribution in [-0.4, -0.2) is 33.0 Å². The third kappa shape index (κ3) is 3.02. The number of pyridine rings is 1. The van der Waals surface area contributed by atoms with E-state index in [1.807, 2.05) is 6.92 Å². The maximum atomic E-state index is 13.0. The highest BCUT2D eigenvalue weighted by atomic mass is 35.5. The quantitative estimate of drug-likeness (QED) is 0.886. The Morgan fingerprint density at radius 1 is 1.32 bits per heavy atom. The summed E-state index contributed by atoms with van der Waals surface area (Å²) in [5, 5.41) is 10.6. The molecule has 1 N–H and O–H groups in total. The van der Waals surface area contributed by atoms with Gasteiger partial charge in [-0.3, -0.25) is 9.59 Å². The molecule has 0 spiro atoms. The molecule has 1 aromatic heterocycles. The van der Waals surface area contributed by atoms with E-state index in [2.05, 4.69) is 0 Å². The zero-order valence-corrected chi connectivity index (χ0v) is 14.7. The van der Waals surface area contributed by atoms with Gasteiger partial charge in [0.2, 0.25) is 5.91 Å². The monoisotopic (exact) mass is 362 g/mol. The van der Waals surface area contributed by atoms with Gasteiger partial charge in [-0.2, -0.15) is 0 Å². The number of rotatable bonds is 5. The lowest BCUT2D eigenvalue weighted by Gasteiger charge is -2.22. The molecule has 0 bridgehead atoms. The molecule has 25 heavy (non-hydrogen) atoms. The van der Waals surface area contributed by atoms with Crippen LogP contribution >= 0.6 is 11.6 Å². The Kier molecular flexibility index (Phi) is 4.81. The number of carboxylic acid groups (broad SMARTS) is 1. The normalized spacial score (nSPS) is 14.5. The standard InChI is InChI=1S/C18H19ClN2O4/c1-2-8-21-13(10-20-9-4-7-14(20)22)16(18(24)25)11-5-3-6-12(19)15(11)17(21)23/h3,5-6H,2,4,7-10H2,1H3,(H,24,25). The van der Waals surface area contributed by atoms with E-state index in [0.29, 0.717) is 37.0 Å². The Labute approximate surface area is 149 Å². The summed E-state index contributed by atoms with van der Waals surface area (Å²) < 4.78 is 1.46. The highest BCUT2D eigenvalue weighted by Gasteiger charge is 2.27. The summed E-state index contributed by atoms with van der Waals surface area (Å²) in [6.07, 6.45) is 1.87. The topological polar surface area (TPSA) is 79.6 Å². The maximum absolute atomic E-state index is 13.0. The van der Waals surface area contributed by atoms with E-state index in [4.69, 9.17) is 11.6 Å². The minimum atomic E-state index is -1.13. The summed E-state index contributed by atoms with van der Waals surface area (Å²) in [6.45, 7) is 2.98. The van der Waals surface area contributed by atoms with Crippen LogP contribution in [0.5, 0.6) is 0 Å². The van der Waals surface area contributed by atoms with Crippen molar-refractivity contribution in [2.24, 2.45) is 0 Å². The first kappa shape index (κ1) is 17.5. The SMILES string of the molecule is CCCn1c(CN2CCCC2=O)c(C(=O)O)c2cccc(Cl)c2c1=O. The Morgan fingerprint density at radius 2 is 2.08 bits per heavy atom. The first-order chi connectivity index (χ1) is 12.0. The summed E-state index contributed by atoms with van der Waals surface area (Å²) in [4.78, 5) is 38.6. The molecule has 3 rings (SSSR count). The summed E-state index contributed by atoms with van der Waals surface area (Å²) in [6, 6.07) is 4.81. The fourth-order valence-electron chi connectivity index (χ4n) is 3.41. The van der Waals surface area contributed by atoms with Crippen LogP contribution in [0.1, 0.15) is 42.2 Å². The average molecular weight is 363 g/mol. The summed E-state index contributed by atoms with van der Waals surface area (Å²) in [5.74, 6) is -1.14. The fraction of sp³-hybridized carbons (Fsp3) is 0.389. The molecule has 1 saturated heterocycles. The molecule has 2 aromatic rings. The van der Waals surface area contributed by atoms with Gasteiger partial charge in [0.05, 0.1) is 28.2 Å². The molecule has 1 amide bonds. The minimum absolute atomic E-state index is 0.0157. The smallest absolute Gasteiger partial charge is 0.338 e. The van der Waals surface area contributed by atoms with Crippen molar-refractivity contribution in [3.05, 3.63) is 44.8 Å². The number of benzene rings is 1. The summed E-state index contributed by atoms with van der Waals surface area (Å²) >= 11 is 6.19. The lowest BCUT2D eigenvalue weighted by atomic mass is 10.0. The van der Waals surface area contributed by atoms with E-state index in [9.17, 15) is 19.5 Å². The van der Waals surface area contributed by atoms with Gasteiger partial charge >= 0.3 is 5.97 Å². The molecule has 1 fully saturated rings. The van der Waals surface area contributed by atoms with Crippen molar-refractivity contribution in [1.82, 2.24) is 9.47 Å². The van der Waals surface area contributed by atoms with Gasteiger partial charge < -0.3 is 14.6 Å². The molecular formula is C18H19ClN2O4. The number of fused-ring (bicyclic) bond motifs is 1. The number of aromatic nitrogens is 1. The van der Waals surface area contributed by atoms with Gasteiger partial charge in [0.25, 0.3) is 5.56 Å². The van der Waals surface area contributed by atoms with Crippen molar-refractivity contribution >= 4 is 34.2 Å². The minimum Gasteiger partial charge on any atom is -0.478 e. The van der Waals surface area contributed by atoms with Crippen LogP contribution in [-0.2, 0) is 17.9 Å². The number of hydrogen-bond acceptors (Lipinski definition) is 3. The van der Waals surface area contributed by atoms with Gasteiger partial charge in [-0.15, -0.1) is 0 Å². The number of hydrogen-bond donors (Lipinski definition) is 1. The number of carbonyl (C=O) groups is 2. The number of aromatic carboxylic acids is 1. The van der Waals surface area contributed by atoms with Crippen molar-refractivity contribution < 1.29 is 14.7 Å². The Bertz CT molecular complexity index is 919. The number of amides is 1. The van der Waals surface area contributed by atoms with Crippen molar-refractivity contribution in [2.45, 2.75) is 39.3 Å². The first-order valence-corrected chi connectivity index (χ1v) is 8.68. The van der Waals surface area contributed by atoms with E-state index >= 15 is 0 Å². The average Bonchev–Trinajstić information content (AvgIpc) is 2.96. The highest BCUT2D eigenvalue weighted by molar-refractivity contribution is 6.35. The molecule has 0 radical (unpaired) electrons. The molecular weight excluding hydrogens is 344 g/mol. The van der Waals surface area contributed by atoms with E-state index in [-0.39, 0.29) is 34.0 Å². The predicted octanol–water partition coefficient (Wildman–Crippen LogP) is 2.89. The van der Waals surface area contributed by atoms with Crippen LogP contribution in [0.4, 0.5) is 0 Å². The molecule has 0 aliphatic carbocycles. The van der Waals surface area contributed by atoms with Crippen LogP contribution in [0.25, 0.3) is 10.8 Å². The van der Waals surface area contributed by atoms with E-state index in [1.54, 1.807) is 23.1 Å². The Hall–Kier alpha value is -2.34. The molecule has 1 aliphatic rings. The molecule has 1 aliphatic heterocycles. The zero-order valence-electron chi connectivity index (χ0n) is 13.9. The molecule has 7 heteroatoms. The molecule has 1 aromatic carbocycles. The zero-order chi connectivity index (χ0) is 18.1. The van der Waals surface area contributed by atoms with Gasteiger partial charge in [0.1, 0.15) is 0 Å². The van der Waals surface area contributed by atoms with Crippen molar-refractivity contribution in [1.29, 1.82) is 0 Å². The largest absolute Gasteiger partial charge is 0.478 e. The number of likely N-dealkylation sites (tertiary alicyclic amines) is 1.